The highest BCUT2D eigenvalue weighted by atomic mass is 32.1. The minimum atomic E-state index is -4.41. The van der Waals surface area contributed by atoms with Gasteiger partial charge < -0.3 is 9.47 Å². The van der Waals surface area contributed by atoms with Crippen molar-refractivity contribution in [3.8, 4) is 11.8 Å². The summed E-state index contributed by atoms with van der Waals surface area (Å²) in [6.07, 6.45) is -1.62. The monoisotopic (exact) mass is 508 g/mol. The number of benzene rings is 1. The molecule has 0 N–H and O–H groups in total. The summed E-state index contributed by atoms with van der Waals surface area (Å²) in [7, 11) is 1.44. The van der Waals surface area contributed by atoms with E-state index < -0.39 is 23.8 Å². The molecular weight excluding hydrogens is 485 g/mol. The third kappa shape index (κ3) is 4.94. The first-order chi connectivity index (χ1) is 16.1. The third-order valence-electron chi connectivity index (χ3n) is 5.25. The number of hydrogen-bond acceptors (Lipinski definition) is 7. The summed E-state index contributed by atoms with van der Waals surface area (Å²) in [6, 6.07) is 4.48. The van der Waals surface area contributed by atoms with Crippen molar-refractivity contribution in [2.75, 3.05) is 13.7 Å². The number of fused-ring (bicyclic) bond motifs is 1. The Morgan fingerprint density at radius 2 is 1.86 bits per heavy atom. The highest BCUT2D eigenvalue weighted by Crippen LogP contribution is 2.33. The van der Waals surface area contributed by atoms with Crippen molar-refractivity contribution in [3.05, 3.63) is 59.0 Å². The lowest BCUT2D eigenvalue weighted by Gasteiger charge is -2.16. The molecule has 186 valence electrons. The van der Waals surface area contributed by atoms with Gasteiger partial charge in [0.05, 0.1) is 42.8 Å². The first kappa shape index (κ1) is 26.0. The third-order valence-corrected chi connectivity index (χ3v) is 5.25. The molecule has 4 rings (SSSR count). The van der Waals surface area contributed by atoms with E-state index in [1.54, 1.807) is 25.5 Å². The van der Waals surface area contributed by atoms with Gasteiger partial charge in [0.2, 0.25) is 5.88 Å². The zero-order valence-electron chi connectivity index (χ0n) is 19.3. The van der Waals surface area contributed by atoms with Gasteiger partial charge in [-0.3, -0.25) is 4.68 Å². The van der Waals surface area contributed by atoms with E-state index in [1.165, 1.54) is 36.3 Å². The van der Waals surface area contributed by atoms with Gasteiger partial charge in [0.1, 0.15) is 11.0 Å². The average Bonchev–Trinajstić information content (AvgIpc) is 3.43. The second-order valence-corrected chi connectivity index (χ2v) is 7.45. The Balaban J connectivity index is 0.00000342. The highest BCUT2D eigenvalue weighted by molar-refractivity contribution is 7.59. The largest absolute Gasteiger partial charge is 0.479 e. The van der Waals surface area contributed by atoms with Gasteiger partial charge in [-0.05, 0) is 38.5 Å². The maximum atomic E-state index is 12.9. The van der Waals surface area contributed by atoms with Crippen LogP contribution in [0.15, 0.2) is 36.7 Å². The normalized spacial score (nSPS) is 12.3. The van der Waals surface area contributed by atoms with Gasteiger partial charge >= 0.3 is 12.1 Å². The van der Waals surface area contributed by atoms with Crippen molar-refractivity contribution in [3.63, 3.8) is 0 Å². The van der Waals surface area contributed by atoms with E-state index in [0.717, 1.165) is 12.1 Å². The van der Waals surface area contributed by atoms with Crippen molar-refractivity contribution in [1.82, 2.24) is 29.5 Å². The summed E-state index contributed by atoms with van der Waals surface area (Å²) < 4.78 is 52.2. The number of aryl methyl sites for hydroxylation is 1. The minimum Gasteiger partial charge on any atom is -0.479 e. The lowest BCUT2D eigenvalue weighted by atomic mass is 10.1. The molecule has 0 saturated carbocycles. The van der Waals surface area contributed by atoms with E-state index in [0.29, 0.717) is 22.3 Å². The van der Waals surface area contributed by atoms with Gasteiger partial charge in [-0.1, -0.05) is 12.1 Å². The number of esters is 1. The number of nitrogens with zero attached hydrogens (tertiary/aromatic N) is 6. The summed E-state index contributed by atoms with van der Waals surface area (Å²) >= 11 is 0. The molecule has 0 saturated heterocycles. The molecule has 13 heteroatoms. The number of alkyl halides is 3. The van der Waals surface area contributed by atoms with Gasteiger partial charge in [-0.25, -0.2) is 14.5 Å². The number of ether oxygens (including phenoxy) is 2. The zero-order chi connectivity index (χ0) is 24.6. The molecule has 0 aliphatic rings. The molecule has 4 aromatic rings. The number of rotatable bonds is 6. The Kier molecular flexibility index (Phi) is 7.38. The van der Waals surface area contributed by atoms with E-state index in [9.17, 15) is 18.0 Å². The van der Waals surface area contributed by atoms with Gasteiger partial charge in [0.15, 0.2) is 0 Å². The fourth-order valence-electron chi connectivity index (χ4n) is 3.51. The molecule has 1 aromatic carbocycles. The predicted molar refractivity (Wildman–Crippen MR) is 125 cm³/mol. The summed E-state index contributed by atoms with van der Waals surface area (Å²) in [6.45, 7) is 5.49. The maximum Gasteiger partial charge on any atom is 0.416 e. The molecular formula is C22H23F3N6O3S. The van der Waals surface area contributed by atoms with E-state index in [4.69, 9.17) is 9.47 Å². The quantitative estimate of drug-likeness (QED) is 0.359. The van der Waals surface area contributed by atoms with E-state index in [-0.39, 0.29) is 37.5 Å². The van der Waals surface area contributed by atoms with Gasteiger partial charge in [-0.2, -0.15) is 41.8 Å². The lowest BCUT2D eigenvalue weighted by molar-refractivity contribution is -0.137. The zero-order valence-corrected chi connectivity index (χ0v) is 20.3. The summed E-state index contributed by atoms with van der Waals surface area (Å²) in [5.74, 6) is -0.159. The first-order valence-corrected chi connectivity index (χ1v) is 10.3. The van der Waals surface area contributed by atoms with Crippen LogP contribution in [0.1, 0.15) is 47.1 Å². The van der Waals surface area contributed by atoms with E-state index in [2.05, 4.69) is 20.2 Å². The second kappa shape index (κ2) is 9.94. The Bertz CT molecular complexity index is 1350. The summed E-state index contributed by atoms with van der Waals surface area (Å²) in [5, 5.41) is 8.68. The summed E-state index contributed by atoms with van der Waals surface area (Å²) in [4.78, 5) is 20.9. The number of hydrogen-bond donors (Lipinski definition) is 0. The number of aromatic nitrogens is 6. The van der Waals surface area contributed by atoms with Gasteiger partial charge in [0, 0.05) is 6.20 Å². The van der Waals surface area contributed by atoms with Gasteiger partial charge in [0.25, 0.3) is 5.95 Å². The van der Waals surface area contributed by atoms with Crippen LogP contribution < -0.4 is 4.74 Å². The van der Waals surface area contributed by atoms with Crippen LogP contribution in [-0.4, -0.2) is 49.2 Å². The Hall–Kier alpha value is -3.61. The number of methoxy groups -OCH3 is 1. The molecule has 0 radical (unpaired) electrons. The smallest absolute Gasteiger partial charge is 0.416 e. The second-order valence-electron chi connectivity index (χ2n) is 7.45. The van der Waals surface area contributed by atoms with Crippen LogP contribution in [0.5, 0.6) is 5.88 Å². The van der Waals surface area contributed by atoms with Crippen molar-refractivity contribution >= 4 is 30.5 Å². The molecule has 0 amide bonds. The van der Waals surface area contributed by atoms with Crippen molar-refractivity contribution in [1.29, 1.82) is 0 Å². The van der Waals surface area contributed by atoms with Gasteiger partial charge in [-0.15, -0.1) is 0 Å². The molecule has 0 unspecified atom stereocenters. The van der Waals surface area contributed by atoms with Crippen LogP contribution in [0, 0.1) is 6.92 Å². The highest BCUT2D eigenvalue weighted by Gasteiger charge is 2.30. The molecule has 9 nitrogen and oxygen atoms in total. The standard InChI is InChI=1S/C22H21F3N6O3.H2S/c1-5-34-20(32)15-10-26-30(11-15)21-27-17-12(2)29-31(18(17)19(28-21)33-4)13(3)14-6-8-16(9-7-14)22(23,24)25;/h6-11,13H,5H2,1-4H3;1H2/t13-;/m0./s1. The molecule has 3 aromatic heterocycles. The van der Waals surface area contributed by atoms with Crippen LogP contribution in [0.2, 0.25) is 0 Å². The SMILES string of the molecule is CCOC(=O)c1cnn(-c2nc(OC)c3c(n2)c(C)nn3[C@@H](C)c2ccc(C(F)(F)F)cc2)c1.S. The van der Waals surface area contributed by atoms with Crippen LogP contribution in [0.3, 0.4) is 0 Å². The molecule has 0 fully saturated rings. The molecule has 0 aliphatic carbocycles. The molecule has 1 atom stereocenters. The molecule has 0 bridgehead atoms. The van der Waals surface area contributed by atoms with E-state index in [1.807, 2.05) is 0 Å². The predicted octanol–water partition coefficient (Wildman–Crippen LogP) is 4.25. The Morgan fingerprint density at radius 1 is 1.17 bits per heavy atom. The minimum absolute atomic E-state index is 0. The molecule has 3 heterocycles. The van der Waals surface area contributed by atoms with Crippen LogP contribution >= 0.6 is 13.5 Å². The maximum absolute atomic E-state index is 12.9. The summed E-state index contributed by atoms with van der Waals surface area (Å²) in [5.41, 5.74) is 1.66. The van der Waals surface area contributed by atoms with Crippen molar-refractivity contribution in [2.45, 2.75) is 33.0 Å². The van der Waals surface area contributed by atoms with Crippen LogP contribution in [-0.2, 0) is 10.9 Å². The molecule has 0 spiro atoms. The average molecular weight is 509 g/mol. The Labute approximate surface area is 205 Å². The Morgan fingerprint density at radius 3 is 2.46 bits per heavy atom. The van der Waals surface area contributed by atoms with Crippen molar-refractivity contribution < 1.29 is 27.4 Å². The fraction of sp³-hybridized carbons (Fsp3) is 0.318. The van der Waals surface area contributed by atoms with E-state index >= 15 is 0 Å². The van der Waals surface area contributed by atoms with Crippen LogP contribution in [0.25, 0.3) is 17.0 Å². The molecule has 0 aliphatic heterocycles. The topological polar surface area (TPSA) is 96.9 Å². The fourth-order valence-corrected chi connectivity index (χ4v) is 3.51. The first-order valence-electron chi connectivity index (χ1n) is 10.3. The van der Waals surface area contributed by atoms with Crippen molar-refractivity contribution in [2.24, 2.45) is 0 Å². The number of halogens is 3. The van der Waals surface area contributed by atoms with Crippen LogP contribution in [0.4, 0.5) is 13.2 Å². The number of carbonyl (C=O) groups excluding carboxylic acids is 1. The number of carbonyl (C=O) groups is 1. The molecule has 35 heavy (non-hydrogen) atoms. The lowest BCUT2D eigenvalue weighted by Crippen LogP contribution is -2.11.